The summed E-state index contributed by atoms with van der Waals surface area (Å²) in [5.41, 5.74) is 2.80. The minimum atomic E-state index is -0.219. The van der Waals surface area contributed by atoms with Crippen LogP contribution in [-0.4, -0.2) is 38.2 Å². The van der Waals surface area contributed by atoms with Gasteiger partial charge in [0.15, 0.2) is 0 Å². The van der Waals surface area contributed by atoms with E-state index < -0.39 is 0 Å². The van der Waals surface area contributed by atoms with E-state index in [9.17, 15) is 9.59 Å². The van der Waals surface area contributed by atoms with Gasteiger partial charge in [-0.15, -0.1) is 0 Å². The Morgan fingerprint density at radius 2 is 2.04 bits per heavy atom. The standard InChI is InChI=1S/C22H26N2O4/c1-15-9-10-16(12-20(15)27-2)13-21(25)24-19-8-4-3-7-18(19)22(26)23-14-17-6-5-11-28-17/h3-4,7-10,12,17H,5-6,11,13-14H2,1-2H3,(H,23,26)(H,24,25). The van der Waals surface area contributed by atoms with Crippen molar-refractivity contribution >= 4 is 17.5 Å². The number of carbonyl (C=O) groups is 2. The maximum Gasteiger partial charge on any atom is 0.253 e. The van der Waals surface area contributed by atoms with Crippen LogP contribution in [0.15, 0.2) is 42.5 Å². The number of rotatable bonds is 7. The average molecular weight is 382 g/mol. The number of nitrogens with one attached hydrogen (secondary N) is 2. The molecule has 0 spiro atoms. The van der Waals surface area contributed by atoms with E-state index in [2.05, 4.69) is 10.6 Å². The van der Waals surface area contributed by atoms with Crippen molar-refractivity contribution in [3.63, 3.8) is 0 Å². The largest absolute Gasteiger partial charge is 0.496 e. The smallest absolute Gasteiger partial charge is 0.253 e. The second-order valence-corrected chi connectivity index (χ2v) is 6.92. The van der Waals surface area contributed by atoms with Gasteiger partial charge in [-0.05, 0) is 49.1 Å². The SMILES string of the molecule is COc1cc(CC(=O)Nc2ccccc2C(=O)NCC2CCCO2)ccc1C. The van der Waals surface area contributed by atoms with Crippen LogP contribution in [0.3, 0.4) is 0 Å². The lowest BCUT2D eigenvalue weighted by atomic mass is 10.1. The van der Waals surface area contributed by atoms with E-state index >= 15 is 0 Å². The summed E-state index contributed by atoms with van der Waals surface area (Å²) < 4.78 is 10.8. The highest BCUT2D eigenvalue weighted by molar-refractivity contribution is 6.04. The Labute approximate surface area is 165 Å². The molecular weight excluding hydrogens is 356 g/mol. The Bertz CT molecular complexity index is 844. The van der Waals surface area contributed by atoms with Crippen LogP contribution in [0.25, 0.3) is 0 Å². The molecule has 1 atom stereocenters. The summed E-state index contributed by atoms with van der Waals surface area (Å²) in [5.74, 6) is 0.341. The first kappa shape index (κ1) is 19.9. The molecule has 1 aliphatic rings. The summed E-state index contributed by atoms with van der Waals surface area (Å²) in [6.07, 6.45) is 2.25. The Morgan fingerprint density at radius 1 is 1.21 bits per heavy atom. The van der Waals surface area contributed by atoms with Gasteiger partial charge >= 0.3 is 0 Å². The number of para-hydroxylation sites is 1. The predicted octanol–water partition coefficient (Wildman–Crippen LogP) is 3.09. The molecule has 1 saturated heterocycles. The number of hydrogen-bond donors (Lipinski definition) is 2. The highest BCUT2D eigenvalue weighted by atomic mass is 16.5. The molecule has 148 valence electrons. The molecule has 2 amide bonds. The topological polar surface area (TPSA) is 76.7 Å². The first-order valence-corrected chi connectivity index (χ1v) is 9.49. The molecule has 0 bridgehead atoms. The highest BCUT2D eigenvalue weighted by Gasteiger charge is 2.18. The first-order valence-electron chi connectivity index (χ1n) is 9.49. The lowest BCUT2D eigenvalue weighted by Gasteiger charge is -2.14. The summed E-state index contributed by atoms with van der Waals surface area (Å²) >= 11 is 0. The second-order valence-electron chi connectivity index (χ2n) is 6.92. The Kier molecular flexibility index (Phi) is 6.66. The van der Waals surface area contributed by atoms with E-state index in [0.717, 1.165) is 36.3 Å². The zero-order valence-corrected chi connectivity index (χ0v) is 16.3. The van der Waals surface area contributed by atoms with Gasteiger partial charge in [0.2, 0.25) is 5.91 Å². The molecule has 1 unspecified atom stereocenters. The van der Waals surface area contributed by atoms with Gasteiger partial charge in [0.1, 0.15) is 5.75 Å². The number of carbonyl (C=O) groups excluding carboxylic acids is 2. The van der Waals surface area contributed by atoms with Gasteiger partial charge in [-0.3, -0.25) is 9.59 Å². The zero-order chi connectivity index (χ0) is 19.9. The van der Waals surface area contributed by atoms with Crippen molar-refractivity contribution in [3.05, 3.63) is 59.2 Å². The fraction of sp³-hybridized carbons (Fsp3) is 0.364. The predicted molar refractivity (Wildman–Crippen MR) is 108 cm³/mol. The number of ether oxygens (including phenoxy) is 2. The van der Waals surface area contributed by atoms with Crippen molar-refractivity contribution in [1.29, 1.82) is 0 Å². The van der Waals surface area contributed by atoms with Crippen molar-refractivity contribution in [1.82, 2.24) is 5.32 Å². The van der Waals surface area contributed by atoms with Gasteiger partial charge in [-0.2, -0.15) is 0 Å². The summed E-state index contributed by atoms with van der Waals surface area (Å²) in [6, 6.07) is 12.7. The molecule has 2 aromatic carbocycles. The quantitative estimate of drug-likeness (QED) is 0.772. The highest BCUT2D eigenvalue weighted by Crippen LogP contribution is 2.20. The van der Waals surface area contributed by atoms with Gasteiger partial charge in [-0.1, -0.05) is 24.3 Å². The summed E-state index contributed by atoms with van der Waals surface area (Å²) in [6.45, 7) is 3.18. The third-order valence-corrected chi connectivity index (χ3v) is 4.80. The molecular formula is C22H26N2O4. The third kappa shape index (κ3) is 5.10. The van der Waals surface area contributed by atoms with Crippen molar-refractivity contribution in [2.24, 2.45) is 0 Å². The molecule has 2 N–H and O–H groups in total. The monoisotopic (exact) mass is 382 g/mol. The van der Waals surface area contributed by atoms with Crippen molar-refractivity contribution in [3.8, 4) is 5.75 Å². The molecule has 6 heteroatoms. The molecule has 0 saturated carbocycles. The minimum absolute atomic E-state index is 0.0715. The first-order chi connectivity index (χ1) is 13.6. The molecule has 2 aromatic rings. The van der Waals surface area contributed by atoms with Crippen molar-refractivity contribution < 1.29 is 19.1 Å². The van der Waals surface area contributed by atoms with Gasteiger partial charge in [-0.25, -0.2) is 0 Å². The molecule has 0 aromatic heterocycles. The zero-order valence-electron chi connectivity index (χ0n) is 16.3. The van der Waals surface area contributed by atoms with Gasteiger partial charge in [0.05, 0.1) is 30.9 Å². The lowest BCUT2D eigenvalue weighted by molar-refractivity contribution is -0.115. The molecule has 3 rings (SSSR count). The van der Waals surface area contributed by atoms with E-state index in [1.165, 1.54) is 0 Å². The summed E-state index contributed by atoms with van der Waals surface area (Å²) in [4.78, 5) is 25.1. The lowest BCUT2D eigenvalue weighted by Crippen LogP contribution is -2.32. The number of methoxy groups -OCH3 is 1. The van der Waals surface area contributed by atoms with Crippen molar-refractivity contribution in [2.75, 3.05) is 25.6 Å². The van der Waals surface area contributed by atoms with Crippen LogP contribution in [0.4, 0.5) is 5.69 Å². The maximum absolute atomic E-state index is 12.5. The third-order valence-electron chi connectivity index (χ3n) is 4.80. The van der Waals surface area contributed by atoms with Crippen LogP contribution in [-0.2, 0) is 16.0 Å². The number of aryl methyl sites for hydroxylation is 1. The van der Waals surface area contributed by atoms with Gasteiger partial charge in [0.25, 0.3) is 5.91 Å². The fourth-order valence-corrected chi connectivity index (χ4v) is 3.25. The Hall–Kier alpha value is -2.86. The van der Waals surface area contributed by atoms with Crippen LogP contribution in [0.2, 0.25) is 0 Å². The van der Waals surface area contributed by atoms with Crippen LogP contribution in [0.5, 0.6) is 5.75 Å². The molecule has 1 aliphatic heterocycles. The van der Waals surface area contributed by atoms with Crippen LogP contribution >= 0.6 is 0 Å². The average Bonchev–Trinajstić information content (AvgIpc) is 3.21. The summed E-state index contributed by atoms with van der Waals surface area (Å²) in [7, 11) is 1.61. The Morgan fingerprint density at radius 3 is 2.79 bits per heavy atom. The number of amides is 2. The molecule has 28 heavy (non-hydrogen) atoms. The molecule has 1 heterocycles. The normalized spacial score (nSPS) is 15.9. The molecule has 0 aliphatic carbocycles. The fourth-order valence-electron chi connectivity index (χ4n) is 3.25. The van der Waals surface area contributed by atoms with Crippen LogP contribution < -0.4 is 15.4 Å². The number of anilines is 1. The van der Waals surface area contributed by atoms with E-state index in [1.54, 1.807) is 31.4 Å². The van der Waals surface area contributed by atoms with E-state index in [-0.39, 0.29) is 24.3 Å². The summed E-state index contributed by atoms with van der Waals surface area (Å²) in [5, 5.41) is 5.74. The van der Waals surface area contributed by atoms with Gasteiger partial charge < -0.3 is 20.1 Å². The molecule has 1 fully saturated rings. The minimum Gasteiger partial charge on any atom is -0.496 e. The van der Waals surface area contributed by atoms with Crippen molar-refractivity contribution in [2.45, 2.75) is 32.3 Å². The molecule has 0 radical (unpaired) electrons. The van der Waals surface area contributed by atoms with E-state index in [0.29, 0.717) is 17.8 Å². The Balaban J connectivity index is 1.63. The van der Waals surface area contributed by atoms with Crippen LogP contribution in [0.1, 0.15) is 34.3 Å². The second kappa shape index (κ2) is 9.37. The maximum atomic E-state index is 12.5. The van der Waals surface area contributed by atoms with Crippen LogP contribution in [0, 0.1) is 6.92 Å². The van der Waals surface area contributed by atoms with E-state index in [4.69, 9.17) is 9.47 Å². The molecule has 6 nitrogen and oxygen atoms in total. The number of hydrogen-bond acceptors (Lipinski definition) is 4. The number of benzene rings is 2. The van der Waals surface area contributed by atoms with Gasteiger partial charge in [0, 0.05) is 13.2 Å². The van der Waals surface area contributed by atoms with E-state index in [1.807, 2.05) is 25.1 Å².